The molecule has 18 heavy (non-hydrogen) atoms. The van der Waals surface area contributed by atoms with Gasteiger partial charge in [-0.2, -0.15) is 0 Å². The molecule has 0 heterocycles. The zero-order valence-corrected chi connectivity index (χ0v) is 11.3. The van der Waals surface area contributed by atoms with Crippen LogP contribution in [0.15, 0.2) is 18.2 Å². The first kappa shape index (κ1) is 13.1. The minimum absolute atomic E-state index is 0.0410. The van der Waals surface area contributed by atoms with Crippen molar-refractivity contribution in [1.29, 1.82) is 0 Å². The van der Waals surface area contributed by atoms with Gasteiger partial charge in [-0.15, -0.1) is 0 Å². The molecule has 1 amide bonds. The van der Waals surface area contributed by atoms with Gasteiger partial charge >= 0.3 is 0 Å². The molecule has 1 aromatic carbocycles. The van der Waals surface area contributed by atoms with E-state index in [0.29, 0.717) is 6.54 Å². The number of fused-ring (bicyclic) bond motifs is 1. The van der Waals surface area contributed by atoms with Crippen LogP contribution in [0.4, 0.5) is 0 Å². The van der Waals surface area contributed by atoms with Gasteiger partial charge < -0.3 is 11.1 Å². The van der Waals surface area contributed by atoms with Crippen molar-refractivity contribution in [3.8, 4) is 0 Å². The maximum absolute atomic E-state index is 11.3. The zero-order valence-electron chi connectivity index (χ0n) is 11.3. The molecule has 3 N–H and O–H groups in total. The number of hydrogen-bond acceptors (Lipinski definition) is 2. The van der Waals surface area contributed by atoms with E-state index in [0.717, 1.165) is 12.0 Å². The van der Waals surface area contributed by atoms with Gasteiger partial charge in [0.2, 0.25) is 5.91 Å². The summed E-state index contributed by atoms with van der Waals surface area (Å²) in [7, 11) is 0. The van der Waals surface area contributed by atoms with Gasteiger partial charge in [0, 0.05) is 13.5 Å². The first-order valence-corrected chi connectivity index (χ1v) is 6.66. The highest BCUT2D eigenvalue weighted by molar-refractivity contribution is 5.74. The van der Waals surface area contributed by atoms with E-state index in [1.54, 1.807) is 0 Å². The van der Waals surface area contributed by atoms with Crippen molar-refractivity contribution in [1.82, 2.24) is 5.32 Å². The van der Waals surface area contributed by atoms with Crippen LogP contribution in [0.2, 0.25) is 0 Å². The Kier molecular flexibility index (Phi) is 3.71. The molecule has 0 radical (unpaired) electrons. The van der Waals surface area contributed by atoms with E-state index in [1.165, 1.54) is 37.3 Å². The van der Waals surface area contributed by atoms with Crippen LogP contribution in [0.1, 0.15) is 43.4 Å². The van der Waals surface area contributed by atoms with E-state index in [-0.39, 0.29) is 5.91 Å². The Hall–Kier alpha value is -1.35. The molecule has 0 aromatic heterocycles. The second kappa shape index (κ2) is 5.11. The van der Waals surface area contributed by atoms with Crippen molar-refractivity contribution < 1.29 is 4.79 Å². The monoisotopic (exact) mass is 246 g/mol. The number of nitrogens with two attached hydrogens (primary N) is 1. The van der Waals surface area contributed by atoms with Crippen molar-refractivity contribution in [2.75, 3.05) is 6.54 Å². The van der Waals surface area contributed by atoms with Crippen LogP contribution in [0.3, 0.4) is 0 Å². The number of rotatable bonds is 3. The van der Waals surface area contributed by atoms with E-state index in [9.17, 15) is 4.79 Å². The highest BCUT2D eigenvalue weighted by Crippen LogP contribution is 2.27. The molecule has 1 aromatic rings. The summed E-state index contributed by atoms with van der Waals surface area (Å²) in [6.45, 7) is 3.93. The van der Waals surface area contributed by atoms with Gasteiger partial charge in [0.05, 0.1) is 5.54 Å². The van der Waals surface area contributed by atoms with Crippen LogP contribution in [0, 0.1) is 0 Å². The lowest BCUT2D eigenvalue weighted by Gasteiger charge is -2.31. The molecular weight excluding hydrogens is 224 g/mol. The number of carbonyl (C=O) groups is 1. The first-order valence-electron chi connectivity index (χ1n) is 6.66. The van der Waals surface area contributed by atoms with Crippen molar-refractivity contribution in [3.05, 3.63) is 34.9 Å². The maximum Gasteiger partial charge on any atom is 0.217 e. The highest BCUT2D eigenvalue weighted by atomic mass is 16.1. The number of nitrogens with one attached hydrogen (secondary N) is 1. The molecule has 1 aliphatic rings. The van der Waals surface area contributed by atoms with Crippen LogP contribution in [0.25, 0.3) is 0 Å². The lowest BCUT2D eigenvalue weighted by Crippen LogP contribution is -2.48. The standard InChI is InChI=1S/C15H22N2O/c1-11(18)17-15(2,10-16)14-8-7-12-5-3-4-6-13(12)9-14/h7-9H,3-6,10,16H2,1-2H3,(H,17,18)/t15-/m0/s1. The summed E-state index contributed by atoms with van der Waals surface area (Å²) in [5.74, 6) is -0.0410. The third kappa shape index (κ3) is 2.56. The van der Waals surface area contributed by atoms with E-state index in [2.05, 4.69) is 23.5 Å². The van der Waals surface area contributed by atoms with Crippen molar-refractivity contribution in [3.63, 3.8) is 0 Å². The summed E-state index contributed by atoms with van der Waals surface area (Å²) >= 11 is 0. The Balaban J connectivity index is 2.34. The van der Waals surface area contributed by atoms with E-state index in [1.807, 2.05) is 6.92 Å². The summed E-state index contributed by atoms with van der Waals surface area (Å²) in [6.07, 6.45) is 4.86. The van der Waals surface area contributed by atoms with Gasteiger partial charge in [-0.3, -0.25) is 4.79 Å². The third-order valence-corrected chi connectivity index (χ3v) is 3.85. The minimum Gasteiger partial charge on any atom is -0.346 e. The average Bonchev–Trinajstić information content (AvgIpc) is 2.37. The van der Waals surface area contributed by atoms with Crippen LogP contribution in [-0.2, 0) is 23.2 Å². The Labute approximate surface area is 109 Å². The van der Waals surface area contributed by atoms with E-state index >= 15 is 0 Å². The molecule has 2 rings (SSSR count). The molecule has 1 atom stereocenters. The summed E-state index contributed by atoms with van der Waals surface area (Å²) in [5.41, 5.74) is 9.37. The molecule has 98 valence electrons. The second-order valence-corrected chi connectivity index (χ2v) is 5.41. The summed E-state index contributed by atoms with van der Waals surface area (Å²) in [6, 6.07) is 6.52. The number of hydrogen-bond donors (Lipinski definition) is 2. The Morgan fingerprint density at radius 2 is 2.00 bits per heavy atom. The number of aryl methyl sites for hydroxylation is 2. The molecule has 0 spiro atoms. The molecule has 0 fully saturated rings. The Bertz CT molecular complexity index is 456. The van der Waals surface area contributed by atoms with E-state index in [4.69, 9.17) is 5.73 Å². The molecule has 3 nitrogen and oxygen atoms in total. The Morgan fingerprint density at radius 1 is 1.33 bits per heavy atom. The van der Waals surface area contributed by atoms with Gasteiger partial charge in [-0.05, 0) is 49.3 Å². The topological polar surface area (TPSA) is 55.1 Å². The van der Waals surface area contributed by atoms with Crippen molar-refractivity contribution in [2.45, 2.75) is 45.1 Å². The maximum atomic E-state index is 11.3. The fourth-order valence-corrected chi connectivity index (χ4v) is 2.71. The molecular formula is C15H22N2O. The SMILES string of the molecule is CC(=O)N[C@@](C)(CN)c1ccc2c(c1)CCCC2. The Morgan fingerprint density at radius 3 is 2.61 bits per heavy atom. The van der Waals surface area contributed by atoms with Gasteiger partial charge in [0.25, 0.3) is 0 Å². The van der Waals surface area contributed by atoms with E-state index < -0.39 is 5.54 Å². The van der Waals surface area contributed by atoms with Crippen LogP contribution < -0.4 is 11.1 Å². The zero-order chi connectivity index (χ0) is 13.2. The predicted octanol–water partition coefficient (Wildman–Crippen LogP) is 1.88. The fourth-order valence-electron chi connectivity index (χ4n) is 2.71. The van der Waals surface area contributed by atoms with Crippen molar-refractivity contribution >= 4 is 5.91 Å². The molecule has 0 unspecified atom stereocenters. The molecule has 0 saturated carbocycles. The first-order chi connectivity index (χ1) is 8.55. The van der Waals surface area contributed by atoms with Crippen LogP contribution in [0.5, 0.6) is 0 Å². The summed E-state index contributed by atoms with van der Waals surface area (Å²) in [4.78, 5) is 11.3. The van der Waals surface area contributed by atoms with Crippen molar-refractivity contribution in [2.24, 2.45) is 5.73 Å². The summed E-state index contributed by atoms with van der Waals surface area (Å²) < 4.78 is 0. The molecule has 0 aliphatic heterocycles. The van der Waals surface area contributed by atoms with Gasteiger partial charge in [-0.25, -0.2) is 0 Å². The number of carbonyl (C=O) groups excluding carboxylic acids is 1. The molecule has 0 saturated heterocycles. The number of amides is 1. The minimum atomic E-state index is -0.460. The van der Waals surface area contributed by atoms with Crippen LogP contribution in [-0.4, -0.2) is 12.5 Å². The van der Waals surface area contributed by atoms with Gasteiger partial charge in [0.15, 0.2) is 0 Å². The average molecular weight is 246 g/mol. The lowest BCUT2D eigenvalue weighted by atomic mass is 9.85. The molecule has 1 aliphatic carbocycles. The molecule has 3 heteroatoms. The molecule has 0 bridgehead atoms. The van der Waals surface area contributed by atoms with Crippen LogP contribution >= 0.6 is 0 Å². The fraction of sp³-hybridized carbons (Fsp3) is 0.533. The summed E-state index contributed by atoms with van der Waals surface area (Å²) in [5, 5.41) is 2.97. The largest absolute Gasteiger partial charge is 0.346 e. The smallest absolute Gasteiger partial charge is 0.217 e. The third-order valence-electron chi connectivity index (χ3n) is 3.85. The lowest BCUT2D eigenvalue weighted by molar-refractivity contribution is -0.120. The van der Waals surface area contributed by atoms with Gasteiger partial charge in [-0.1, -0.05) is 18.2 Å². The quantitative estimate of drug-likeness (QED) is 0.855. The highest BCUT2D eigenvalue weighted by Gasteiger charge is 2.26. The second-order valence-electron chi connectivity index (χ2n) is 5.41. The number of benzene rings is 1. The normalized spacial score (nSPS) is 17.7. The van der Waals surface area contributed by atoms with Gasteiger partial charge in [0.1, 0.15) is 0 Å². The predicted molar refractivity (Wildman–Crippen MR) is 73.3 cm³/mol.